The van der Waals surface area contributed by atoms with Crippen molar-refractivity contribution in [3.8, 4) is 34.7 Å². The van der Waals surface area contributed by atoms with Crippen LogP contribution in [0.15, 0.2) is 99.9 Å². The summed E-state index contributed by atoms with van der Waals surface area (Å²) < 4.78 is 54.1. The van der Waals surface area contributed by atoms with Crippen molar-refractivity contribution in [2.24, 2.45) is 0 Å². The average molecular weight is 646 g/mol. The zero-order valence-electron chi connectivity index (χ0n) is 26.1. The molecular weight excluding hydrogens is 609 g/mol. The number of rotatable bonds is 16. The van der Waals surface area contributed by atoms with Crippen LogP contribution >= 0.6 is 7.60 Å². The van der Waals surface area contributed by atoms with Crippen LogP contribution in [-0.4, -0.2) is 35.1 Å². The van der Waals surface area contributed by atoms with Crippen LogP contribution in [0.1, 0.15) is 36.4 Å². The summed E-state index contributed by atoms with van der Waals surface area (Å²) in [7, 11) is -1.73. The minimum Gasteiger partial charge on any atom is -0.493 e. The van der Waals surface area contributed by atoms with Gasteiger partial charge in [0, 0.05) is 12.0 Å². The summed E-state index contributed by atoms with van der Waals surface area (Å²) in [6.45, 7) is 6.33. The van der Waals surface area contributed by atoms with E-state index in [9.17, 15) is 4.57 Å². The van der Waals surface area contributed by atoms with Crippen molar-refractivity contribution in [2.75, 3.05) is 20.3 Å². The van der Waals surface area contributed by atoms with Gasteiger partial charge in [0.05, 0.1) is 37.8 Å². The van der Waals surface area contributed by atoms with Crippen molar-refractivity contribution in [3.63, 3.8) is 0 Å². The number of hydrogen-bond donors (Lipinski definition) is 0. The highest BCUT2D eigenvalue weighted by Crippen LogP contribution is 2.49. The Hall–Kier alpha value is -4.83. The van der Waals surface area contributed by atoms with Gasteiger partial charge in [-0.3, -0.25) is 4.57 Å². The molecule has 12 heteroatoms. The van der Waals surface area contributed by atoms with Crippen molar-refractivity contribution in [3.05, 3.63) is 114 Å². The standard InChI is InChI=1S/C34H36N3O8P/c1-5-43-46(38,44-6-2)20-11-10-13-27-22-37(28-14-8-7-9-15-28)36-33(27)42-23-26-17-18-30(32(21-26)39-4)41-24-29-25(3)45-34(35-29)31-16-12-19-40-31/h7-22H,5-6,23-24H2,1-4H3. The minimum absolute atomic E-state index is 0.188. The van der Waals surface area contributed by atoms with E-state index in [4.69, 9.17) is 32.1 Å². The molecule has 2 aromatic carbocycles. The van der Waals surface area contributed by atoms with Crippen LogP contribution in [0, 0.1) is 6.92 Å². The highest BCUT2D eigenvalue weighted by atomic mass is 31.2. The molecule has 0 aliphatic carbocycles. The second kappa shape index (κ2) is 15.4. The number of hydrogen-bond acceptors (Lipinski definition) is 10. The molecule has 240 valence electrons. The molecule has 0 saturated heterocycles. The maximum absolute atomic E-state index is 12.8. The lowest BCUT2D eigenvalue weighted by Crippen LogP contribution is -2.02. The zero-order chi connectivity index (χ0) is 32.4. The molecule has 3 heterocycles. The fourth-order valence-corrected chi connectivity index (χ4v) is 5.67. The molecule has 46 heavy (non-hydrogen) atoms. The molecule has 0 N–H and O–H groups in total. The number of oxazole rings is 1. The number of allylic oxidation sites excluding steroid dienone is 2. The molecule has 0 aliphatic heterocycles. The van der Waals surface area contributed by atoms with Gasteiger partial charge >= 0.3 is 7.60 Å². The number of nitrogens with zero attached hydrogens (tertiary/aromatic N) is 3. The van der Waals surface area contributed by atoms with Crippen LogP contribution in [0.25, 0.3) is 23.4 Å². The maximum atomic E-state index is 12.8. The van der Waals surface area contributed by atoms with E-state index < -0.39 is 7.60 Å². The number of benzene rings is 2. The van der Waals surface area contributed by atoms with Crippen LogP contribution in [-0.2, 0) is 26.8 Å². The molecule has 0 saturated carbocycles. The Morgan fingerprint density at radius 3 is 2.46 bits per heavy atom. The molecule has 0 aliphatic rings. The quantitative estimate of drug-likeness (QED) is 0.0764. The lowest BCUT2D eigenvalue weighted by atomic mass is 10.2. The second-order valence-electron chi connectivity index (χ2n) is 9.81. The summed E-state index contributed by atoms with van der Waals surface area (Å²) in [5, 5.41) is 4.67. The van der Waals surface area contributed by atoms with Gasteiger partial charge in [-0.2, -0.15) is 0 Å². The summed E-state index contributed by atoms with van der Waals surface area (Å²) in [6, 6.07) is 18.9. The molecule has 3 aromatic heterocycles. The lowest BCUT2D eigenvalue weighted by molar-refractivity contribution is 0.229. The fourth-order valence-electron chi connectivity index (χ4n) is 4.39. The van der Waals surface area contributed by atoms with Crippen molar-refractivity contribution >= 4 is 13.7 Å². The Labute approximate surface area is 267 Å². The SMILES string of the molecule is CCOP(=O)(C=CC=Cc1cn(-c2ccccc2)nc1OCc1ccc(OCc2nc(-c3ccco3)oc2C)c(OC)c1)OCC. The fraction of sp³-hybridized carbons (Fsp3) is 0.235. The molecule has 0 amide bonds. The van der Waals surface area contributed by atoms with E-state index in [0.29, 0.717) is 40.5 Å². The Kier molecular flexibility index (Phi) is 10.9. The maximum Gasteiger partial charge on any atom is 0.354 e. The van der Waals surface area contributed by atoms with Crippen LogP contribution in [0.4, 0.5) is 0 Å². The predicted octanol–water partition coefficient (Wildman–Crippen LogP) is 8.39. The summed E-state index contributed by atoms with van der Waals surface area (Å²) in [5.41, 5.74) is 3.10. The van der Waals surface area contributed by atoms with Crippen molar-refractivity contribution in [1.29, 1.82) is 0 Å². The summed E-state index contributed by atoms with van der Waals surface area (Å²) in [6.07, 6.45) is 8.63. The number of aryl methyl sites for hydroxylation is 1. The zero-order valence-corrected chi connectivity index (χ0v) is 27.0. The number of aromatic nitrogens is 3. The van der Waals surface area contributed by atoms with Gasteiger partial charge in [0.15, 0.2) is 17.3 Å². The van der Waals surface area contributed by atoms with Crippen molar-refractivity contribution in [2.45, 2.75) is 34.0 Å². The van der Waals surface area contributed by atoms with E-state index in [0.717, 1.165) is 16.8 Å². The highest BCUT2D eigenvalue weighted by Gasteiger charge is 2.19. The van der Waals surface area contributed by atoms with E-state index in [1.165, 1.54) is 5.82 Å². The Morgan fingerprint density at radius 2 is 1.74 bits per heavy atom. The van der Waals surface area contributed by atoms with E-state index in [2.05, 4.69) is 10.1 Å². The Bertz CT molecular complexity index is 1800. The van der Waals surface area contributed by atoms with E-state index in [1.807, 2.05) is 67.7 Å². The molecule has 5 aromatic rings. The van der Waals surface area contributed by atoms with Gasteiger partial charge in [0.1, 0.15) is 24.7 Å². The first-order valence-corrected chi connectivity index (χ1v) is 16.3. The number of furan rings is 1. The topological polar surface area (TPSA) is 120 Å². The Balaban J connectivity index is 1.29. The van der Waals surface area contributed by atoms with Crippen LogP contribution in [0.5, 0.6) is 17.4 Å². The van der Waals surface area contributed by atoms with Crippen LogP contribution in [0.2, 0.25) is 0 Å². The first-order valence-electron chi connectivity index (χ1n) is 14.7. The van der Waals surface area contributed by atoms with Gasteiger partial charge in [-0.25, -0.2) is 9.67 Å². The largest absolute Gasteiger partial charge is 0.493 e. The highest BCUT2D eigenvalue weighted by molar-refractivity contribution is 7.57. The lowest BCUT2D eigenvalue weighted by Gasteiger charge is -2.12. The van der Waals surface area contributed by atoms with Gasteiger partial charge in [-0.05, 0) is 68.8 Å². The van der Waals surface area contributed by atoms with Gasteiger partial charge < -0.3 is 32.1 Å². The summed E-state index contributed by atoms with van der Waals surface area (Å²) in [4.78, 5) is 4.50. The third-order valence-corrected chi connectivity index (χ3v) is 8.37. The third-order valence-electron chi connectivity index (χ3n) is 6.59. The van der Waals surface area contributed by atoms with Gasteiger partial charge in [0.25, 0.3) is 5.89 Å². The first kappa shape index (κ1) is 32.6. The monoisotopic (exact) mass is 645 g/mol. The third kappa shape index (κ3) is 8.25. The number of methoxy groups -OCH3 is 1. The summed E-state index contributed by atoms with van der Waals surface area (Å²) in [5.74, 6) is 4.54. The minimum atomic E-state index is -3.31. The molecule has 0 spiro atoms. The average Bonchev–Trinajstić information content (AvgIpc) is 3.83. The molecule has 11 nitrogen and oxygen atoms in total. The Morgan fingerprint density at radius 1 is 0.935 bits per heavy atom. The molecule has 5 rings (SSSR count). The molecule has 0 radical (unpaired) electrons. The number of ether oxygens (including phenoxy) is 3. The van der Waals surface area contributed by atoms with E-state index >= 15 is 0 Å². The van der Waals surface area contributed by atoms with Crippen molar-refractivity contribution in [1.82, 2.24) is 14.8 Å². The van der Waals surface area contributed by atoms with Gasteiger partial charge in [-0.1, -0.05) is 36.4 Å². The normalized spacial score (nSPS) is 11.9. The first-order chi connectivity index (χ1) is 22.4. The van der Waals surface area contributed by atoms with Gasteiger partial charge in [-0.15, -0.1) is 5.10 Å². The van der Waals surface area contributed by atoms with E-state index in [-0.39, 0.29) is 26.4 Å². The smallest absolute Gasteiger partial charge is 0.354 e. The molecule has 0 bridgehead atoms. The van der Waals surface area contributed by atoms with Crippen molar-refractivity contribution < 1.29 is 36.7 Å². The molecule has 0 atom stereocenters. The van der Waals surface area contributed by atoms with Crippen LogP contribution in [0.3, 0.4) is 0 Å². The molecule has 0 unspecified atom stereocenters. The van der Waals surface area contributed by atoms with E-state index in [1.54, 1.807) is 56.2 Å². The van der Waals surface area contributed by atoms with Crippen LogP contribution < -0.4 is 14.2 Å². The predicted molar refractivity (Wildman–Crippen MR) is 173 cm³/mol. The van der Waals surface area contributed by atoms with Gasteiger partial charge in [0.2, 0.25) is 5.88 Å². The second-order valence-corrected chi connectivity index (χ2v) is 11.7. The molecular formula is C34H36N3O8P. The number of para-hydroxylation sites is 1. The molecule has 0 fully saturated rings. The summed E-state index contributed by atoms with van der Waals surface area (Å²) >= 11 is 0.